The zero-order chi connectivity index (χ0) is 15.1. The quantitative estimate of drug-likeness (QED) is 0.794. The molecule has 2 rings (SSSR count). The molecule has 4 nitrogen and oxygen atoms in total. The summed E-state index contributed by atoms with van der Waals surface area (Å²) < 4.78 is 2.35. The number of rotatable bonds is 8. The van der Waals surface area contributed by atoms with Gasteiger partial charge in [0.15, 0.2) is 0 Å². The van der Waals surface area contributed by atoms with Crippen LogP contribution in [-0.4, -0.2) is 60.7 Å². The second-order valence-electron chi connectivity index (χ2n) is 6.23. The Morgan fingerprint density at radius 1 is 1.14 bits per heavy atom. The molecule has 0 bridgehead atoms. The van der Waals surface area contributed by atoms with Crippen LogP contribution in [0.3, 0.4) is 0 Å². The van der Waals surface area contributed by atoms with E-state index in [0.29, 0.717) is 6.04 Å². The topological polar surface area (TPSA) is 23.4 Å². The van der Waals surface area contributed by atoms with Crippen molar-refractivity contribution in [1.29, 1.82) is 0 Å². The molecule has 21 heavy (non-hydrogen) atoms. The fourth-order valence-electron chi connectivity index (χ4n) is 3.05. The summed E-state index contributed by atoms with van der Waals surface area (Å²) in [6, 6.07) is 2.80. The van der Waals surface area contributed by atoms with Crippen molar-refractivity contribution in [2.24, 2.45) is 0 Å². The van der Waals surface area contributed by atoms with Crippen molar-refractivity contribution < 1.29 is 0 Å². The standard InChI is InChI=1S/C17H32N4/c1-4-6-17(18-5-2)16-7-8-21(15-16)14-13-20-11-9-19(3)10-12-20/h7-8,15,17-18H,4-6,9-14H2,1-3H3. The molecule has 1 aliphatic heterocycles. The van der Waals surface area contributed by atoms with E-state index in [9.17, 15) is 0 Å². The van der Waals surface area contributed by atoms with Gasteiger partial charge >= 0.3 is 0 Å². The van der Waals surface area contributed by atoms with E-state index in [-0.39, 0.29) is 0 Å². The van der Waals surface area contributed by atoms with Crippen molar-refractivity contribution in [3.05, 3.63) is 24.0 Å². The molecule has 0 amide bonds. The van der Waals surface area contributed by atoms with Gasteiger partial charge in [-0.3, -0.25) is 4.90 Å². The molecule has 1 fully saturated rings. The molecule has 1 N–H and O–H groups in total. The highest BCUT2D eigenvalue weighted by Gasteiger charge is 2.14. The summed E-state index contributed by atoms with van der Waals surface area (Å²) in [5.41, 5.74) is 1.44. The summed E-state index contributed by atoms with van der Waals surface area (Å²) in [6.07, 6.45) is 7.02. The normalized spacial score (nSPS) is 19.0. The third-order valence-corrected chi connectivity index (χ3v) is 4.47. The highest BCUT2D eigenvalue weighted by Crippen LogP contribution is 2.18. The lowest BCUT2D eigenvalue weighted by Crippen LogP contribution is -2.45. The van der Waals surface area contributed by atoms with Gasteiger partial charge in [0.2, 0.25) is 0 Å². The van der Waals surface area contributed by atoms with Gasteiger partial charge in [0.1, 0.15) is 0 Å². The van der Waals surface area contributed by atoms with Crippen molar-refractivity contribution in [2.75, 3.05) is 46.3 Å². The molecule has 4 heteroatoms. The van der Waals surface area contributed by atoms with Crippen LogP contribution in [0, 0.1) is 0 Å². The van der Waals surface area contributed by atoms with Crippen molar-refractivity contribution in [3.63, 3.8) is 0 Å². The van der Waals surface area contributed by atoms with Crippen LogP contribution in [-0.2, 0) is 6.54 Å². The molecule has 0 aliphatic carbocycles. The number of hydrogen-bond donors (Lipinski definition) is 1. The van der Waals surface area contributed by atoms with Gasteiger partial charge in [-0.05, 0) is 31.6 Å². The number of nitrogens with zero attached hydrogens (tertiary/aromatic N) is 3. The lowest BCUT2D eigenvalue weighted by atomic mass is 10.1. The molecule has 2 heterocycles. The van der Waals surface area contributed by atoms with Gasteiger partial charge in [-0.25, -0.2) is 0 Å². The first-order valence-electron chi connectivity index (χ1n) is 8.53. The first-order chi connectivity index (χ1) is 10.2. The van der Waals surface area contributed by atoms with Crippen molar-refractivity contribution in [2.45, 2.75) is 39.3 Å². The fourth-order valence-corrected chi connectivity index (χ4v) is 3.05. The maximum atomic E-state index is 3.59. The molecule has 1 saturated heterocycles. The summed E-state index contributed by atoms with van der Waals surface area (Å²) in [5.74, 6) is 0. The SMILES string of the molecule is CCCC(NCC)c1ccn(CCN2CCN(C)CC2)c1. The van der Waals surface area contributed by atoms with E-state index in [1.165, 1.54) is 51.1 Å². The van der Waals surface area contributed by atoms with Gasteiger partial charge in [0.25, 0.3) is 0 Å². The van der Waals surface area contributed by atoms with E-state index < -0.39 is 0 Å². The summed E-state index contributed by atoms with van der Waals surface area (Å²) >= 11 is 0. The minimum atomic E-state index is 0.518. The van der Waals surface area contributed by atoms with Crippen LogP contribution in [0.2, 0.25) is 0 Å². The predicted octanol–water partition coefficient (Wildman–Crippen LogP) is 2.19. The van der Waals surface area contributed by atoms with E-state index in [0.717, 1.165) is 13.1 Å². The molecule has 0 saturated carbocycles. The molecule has 0 radical (unpaired) electrons. The van der Waals surface area contributed by atoms with Gasteiger partial charge in [-0.1, -0.05) is 20.3 Å². The zero-order valence-corrected chi connectivity index (χ0v) is 14.0. The van der Waals surface area contributed by atoms with Crippen LogP contribution >= 0.6 is 0 Å². The number of piperazine rings is 1. The maximum Gasteiger partial charge on any atom is 0.0347 e. The smallest absolute Gasteiger partial charge is 0.0347 e. The average Bonchev–Trinajstić information content (AvgIpc) is 2.95. The van der Waals surface area contributed by atoms with E-state index in [4.69, 9.17) is 0 Å². The van der Waals surface area contributed by atoms with E-state index in [1.54, 1.807) is 0 Å². The van der Waals surface area contributed by atoms with Gasteiger partial charge < -0.3 is 14.8 Å². The molecule has 0 aromatic carbocycles. The number of aromatic nitrogens is 1. The molecule has 1 aliphatic rings. The monoisotopic (exact) mass is 292 g/mol. The first kappa shape index (κ1) is 16.5. The Morgan fingerprint density at radius 3 is 2.57 bits per heavy atom. The highest BCUT2D eigenvalue weighted by atomic mass is 15.2. The molecule has 1 atom stereocenters. The predicted molar refractivity (Wildman–Crippen MR) is 89.7 cm³/mol. The van der Waals surface area contributed by atoms with Gasteiger partial charge in [-0.2, -0.15) is 0 Å². The van der Waals surface area contributed by atoms with Crippen LogP contribution < -0.4 is 5.32 Å². The molecule has 1 unspecified atom stereocenters. The van der Waals surface area contributed by atoms with Gasteiger partial charge in [-0.15, -0.1) is 0 Å². The second-order valence-corrected chi connectivity index (χ2v) is 6.23. The average molecular weight is 292 g/mol. The molecular formula is C17H32N4. The number of likely N-dealkylation sites (N-methyl/N-ethyl adjacent to an activating group) is 1. The maximum absolute atomic E-state index is 3.59. The van der Waals surface area contributed by atoms with Crippen LogP contribution in [0.5, 0.6) is 0 Å². The minimum Gasteiger partial charge on any atom is -0.353 e. The lowest BCUT2D eigenvalue weighted by molar-refractivity contribution is 0.150. The highest BCUT2D eigenvalue weighted by molar-refractivity contribution is 5.15. The Morgan fingerprint density at radius 2 is 1.90 bits per heavy atom. The van der Waals surface area contributed by atoms with Gasteiger partial charge in [0, 0.05) is 57.7 Å². The third kappa shape index (κ3) is 5.13. The van der Waals surface area contributed by atoms with E-state index >= 15 is 0 Å². The summed E-state index contributed by atoms with van der Waals surface area (Å²) in [4.78, 5) is 4.99. The minimum absolute atomic E-state index is 0.518. The Labute approximate surface area is 130 Å². The zero-order valence-electron chi connectivity index (χ0n) is 14.0. The summed E-state index contributed by atoms with van der Waals surface area (Å²) in [6.45, 7) is 12.6. The van der Waals surface area contributed by atoms with Crippen LogP contribution in [0.15, 0.2) is 18.5 Å². The van der Waals surface area contributed by atoms with Crippen molar-refractivity contribution >= 4 is 0 Å². The van der Waals surface area contributed by atoms with Crippen LogP contribution in [0.25, 0.3) is 0 Å². The van der Waals surface area contributed by atoms with E-state index in [1.807, 2.05) is 0 Å². The van der Waals surface area contributed by atoms with Crippen molar-refractivity contribution in [3.8, 4) is 0 Å². The first-order valence-corrected chi connectivity index (χ1v) is 8.53. The Hall–Kier alpha value is -0.840. The summed E-state index contributed by atoms with van der Waals surface area (Å²) in [7, 11) is 2.21. The van der Waals surface area contributed by atoms with E-state index in [2.05, 4.69) is 59.0 Å². The Bertz CT molecular complexity index is 387. The van der Waals surface area contributed by atoms with Crippen LogP contribution in [0.4, 0.5) is 0 Å². The third-order valence-electron chi connectivity index (χ3n) is 4.47. The number of nitrogens with one attached hydrogen (secondary N) is 1. The Balaban J connectivity index is 1.81. The van der Waals surface area contributed by atoms with Crippen LogP contribution in [0.1, 0.15) is 38.3 Å². The fraction of sp³-hybridized carbons (Fsp3) is 0.765. The molecule has 1 aromatic rings. The lowest BCUT2D eigenvalue weighted by Gasteiger charge is -2.32. The largest absolute Gasteiger partial charge is 0.353 e. The van der Waals surface area contributed by atoms with Gasteiger partial charge in [0.05, 0.1) is 0 Å². The summed E-state index contributed by atoms with van der Waals surface area (Å²) in [5, 5.41) is 3.59. The molecule has 0 spiro atoms. The second kappa shape index (κ2) is 8.57. The molecule has 120 valence electrons. The van der Waals surface area contributed by atoms with Crippen molar-refractivity contribution in [1.82, 2.24) is 19.7 Å². The molecular weight excluding hydrogens is 260 g/mol. The number of hydrogen-bond acceptors (Lipinski definition) is 3. The Kier molecular flexibility index (Phi) is 6.74. The molecule has 1 aromatic heterocycles.